The molecule has 0 bridgehead atoms. The zero-order valence-corrected chi connectivity index (χ0v) is 12.5. The van der Waals surface area contributed by atoms with E-state index in [0.717, 1.165) is 16.7 Å². The van der Waals surface area contributed by atoms with Crippen molar-refractivity contribution in [3.8, 4) is 5.75 Å². The van der Waals surface area contributed by atoms with Crippen molar-refractivity contribution in [1.29, 1.82) is 0 Å². The van der Waals surface area contributed by atoms with Gasteiger partial charge in [-0.05, 0) is 35.4 Å². The highest BCUT2D eigenvalue weighted by atomic mass is 16.3. The van der Waals surface area contributed by atoms with Crippen LogP contribution in [0.3, 0.4) is 0 Å². The molecule has 0 aliphatic rings. The first-order chi connectivity index (χ1) is 8.07. The van der Waals surface area contributed by atoms with Gasteiger partial charge in [0.2, 0.25) is 0 Å². The van der Waals surface area contributed by atoms with Crippen LogP contribution in [0.25, 0.3) is 6.08 Å². The molecule has 0 heterocycles. The predicted molar refractivity (Wildman–Crippen MR) is 79.9 cm³/mol. The van der Waals surface area contributed by atoms with Gasteiger partial charge in [-0.15, -0.1) is 0 Å². The van der Waals surface area contributed by atoms with Gasteiger partial charge in [0.15, 0.2) is 0 Å². The summed E-state index contributed by atoms with van der Waals surface area (Å²) in [5.74, 6) is 0.427. The van der Waals surface area contributed by atoms with Gasteiger partial charge in [-0.3, -0.25) is 0 Å². The van der Waals surface area contributed by atoms with E-state index in [-0.39, 0.29) is 10.8 Å². The topological polar surface area (TPSA) is 20.2 Å². The summed E-state index contributed by atoms with van der Waals surface area (Å²) in [6.45, 7) is 16.4. The quantitative estimate of drug-likeness (QED) is 0.751. The lowest BCUT2D eigenvalue weighted by Gasteiger charge is -2.27. The molecule has 0 fully saturated rings. The first kappa shape index (κ1) is 14.8. The Bertz CT molecular complexity index is 418. The second-order valence-electron chi connectivity index (χ2n) is 6.87. The van der Waals surface area contributed by atoms with Crippen molar-refractivity contribution in [2.24, 2.45) is 0 Å². The molecule has 0 saturated carbocycles. The van der Waals surface area contributed by atoms with Crippen LogP contribution < -0.4 is 0 Å². The molecule has 99 valence electrons. The molecule has 0 unspecified atom stereocenters. The fraction of sp³-hybridized carbons (Fsp3) is 0.471. The zero-order valence-electron chi connectivity index (χ0n) is 12.5. The molecule has 1 aromatic rings. The highest BCUT2D eigenvalue weighted by Gasteiger charge is 2.25. The second-order valence-corrected chi connectivity index (χ2v) is 6.87. The number of hydrogen-bond donors (Lipinski definition) is 1. The first-order valence-corrected chi connectivity index (χ1v) is 6.41. The van der Waals surface area contributed by atoms with E-state index in [1.54, 1.807) is 6.08 Å². The van der Waals surface area contributed by atoms with Crippen molar-refractivity contribution in [3.63, 3.8) is 0 Å². The molecular formula is C17H25O. The van der Waals surface area contributed by atoms with Gasteiger partial charge in [-0.1, -0.05) is 53.7 Å². The van der Waals surface area contributed by atoms with Gasteiger partial charge in [0.05, 0.1) is 0 Å². The van der Waals surface area contributed by atoms with Crippen molar-refractivity contribution in [3.05, 3.63) is 41.8 Å². The lowest BCUT2D eigenvalue weighted by molar-refractivity contribution is 0.423. The number of aromatic hydroxyl groups is 1. The van der Waals surface area contributed by atoms with Gasteiger partial charge in [0, 0.05) is 11.1 Å². The Labute approximate surface area is 112 Å². The van der Waals surface area contributed by atoms with Crippen molar-refractivity contribution in [2.75, 3.05) is 0 Å². The minimum Gasteiger partial charge on any atom is -0.507 e. The summed E-state index contributed by atoms with van der Waals surface area (Å²) >= 11 is 0. The van der Waals surface area contributed by atoms with E-state index in [2.05, 4.69) is 48.5 Å². The van der Waals surface area contributed by atoms with E-state index in [4.69, 9.17) is 0 Å². The summed E-state index contributed by atoms with van der Waals surface area (Å²) in [6, 6.07) is 4.10. The van der Waals surface area contributed by atoms with Crippen LogP contribution in [-0.2, 0) is 10.8 Å². The predicted octanol–water partition coefficient (Wildman–Crippen LogP) is 4.83. The molecule has 1 radical (unpaired) electrons. The standard InChI is InChI=1S/C17H25O/c1-8-9-12-10-13(16(2,3)4)15(18)14(11-12)17(5,6)7/h8-11,18H,1H2,2-7H3/b9-8+. The van der Waals surface area contributed by atoms with Crippen molar-refractivity contribution >= 4 is 6.08 Å². The fourth-order valence-corrected chi connectivity index (χ4v) is 2.03. The summed E-state index contributed by atoms with van der Waals surface area (Å²) in [4.78, 5) is 0. The summed E-state index contributed by atoms with van der Waals surface area (Å²) in [5, 5.41) is 10.5. The molecule has 0 saturated heterocycles. The fourth-order valence-electron chi connectivity index (χ4n) is 2.03. The highest BCUT2D eigenvalue weighted by molar-refractivity contribution is 5.59. The number of phenolic OH excluding ortho intramolecular Hbond substituents is 1. The van der Waals surface area contributed by atoms with E-state index in [0.29, 0.717) is 5.75 Å². The molecule has 0 spiro atoms. The van der Waals surface area contributed by atoms with Gasteiger partial charge in [0.1, 0.15) is 5.75 Å². The molecule has 0 aliphatic heterocycles. The maximum Gasteiger partial charge on any atom is 0.123 e. The number of hydrogen-bond acceptors (Lipinski definition) is 1. The summed E-state index contributed by atoms with van der Waals surface area (Å²) in [6.07, 6.45) is 3.76. The third kappa shape index (κ3) is 3.16. The number of rotatable bonds is 1. The third-order valence-electron chi connectivity index (χ3n) is 3.06. The van der Waals surface area contributed by atoms with Crippen molar-refractivity contribution in [1.82, 2.24) is 0 Å². The molecule has 18 heavy (non-hydrogen) atoms. The van der Waals surface area contributed by atoms with Crippen molar-refractivity contribution < 1.29 is 5.11 Å². The third-order valence-corrected chi connectivity index (χ3v) is 3.06. The maximum atomic E-state index is 10.5. The Morgan fingerprint density at radius 2 is 1.33 bits per heavy atom. The first-order valence-electron chi connectivity index (χ1n) is 6.41. The number of phenols is 1. The van der Waals surface area contributed by atoms with E-state index in [1.807, 2.05) is 18.2 Å². The van der Waals surface area contributed by atoms with E-state index < -0.39 is 0 Å². The highest BCUT2D eigenvalue weighted by Crippen LogP contribution is 2.39. The molecule has 0 atom stereocenters. The average Bonchev–Trinajstić information content (AvgIpc) is 2.17. The molecular weight excluding hydrogens is 220 g/mol. The molecule has 1 aromatic carbocycles. The average molecular weight is 245 g/mol. The van der Waals surface area contributed by atoms with Crippen LogP contribution in [0.5, 0.6) is 5.75 Å². The van der Waals surface area contributed by atoms with Crippen LogP contribution in [0.4, 0.5) is 0 Å². The maximum absolute atomic E-state index is 10.5. The van der Waals surface area contributed by atoms with Gasteiger partial charge in [-0.25, -0.2) is 0 Å². The van der Waals surface area contributed by atoms with Crippen LogP contribution >= 0.6 is 0 Å². The van der Waals surface area contributed by atoms with Gasteiger partial charge >= 0.3 is 0 Å². The smallest absolute Gasteiger partial charge is 0.123 e. The second kappa shape index (κ2) is 4.79. The molecule has 1 N–H and O–H groups in total. The Morgan fingerprint density at radius 1 is 0.944 bits per heavy atom. The SMILES string of the molecule is [CH2]/C=C/c1cc(C(C)(C)C)c(O)c(C(C)(C)C)c1. The molecule has 0 aromatic heterocycles. The molecule has 1 heteroatoms. The van der Waals surface area contributed by atoms with Crippen LogP contribution in [0.2, 0.25) is 0 Å². The molecule has 0 amide bonds. The van der Waals surface area contributed by atoms with Crippen LogP contribution in [0.15, 0.2) is 18.2 Å². The minimum atomic E-state index is -0.0743. The number of allylic oxidation sites excluding steroid dienone is 1. The lowest BCUT2D eigenvalue weighted by Crippen LogP contribution is -2.17. The largest absolute Gasteiger partial charge is 0.507 e. The van der Waals surface area contributed by atoms with E-state index >= 15 is 0 Å². The lowest BCUT2D eigenvalue weighted by atomic mass is 9.78. The molecule has 0 aliphatic carbocycles. The van der Waals surface area contributed by atoms with Crippen LogP contribution in [0, 0.1) is 6.92 Å². The monoisotopic (exact) mass is 245 g/mol. The number of benzene rings is 1. The Balaban J connectivity index is 3.59. The Morgan fingerprint density at radius 3 is 1.61 bits per heavy atom. The van der Waals surface area contributed by atoms with E-state index in [9.17, 15) is 5.11 Å². The van der Waals surface area contributed by atoms with Crippen molar-refractivity contribution in [2.45, 2.75) is 52.4 Å². The Hall–Kier alpha value is -1.24. The van der Waals surface area contributed by atoms with Gasteiger partial charge in [0.25, 0.3) is 0 Å². The van der Waals surface area contributed by atoms with Crippen LogP contribution in [-0.4, -0.2) is 5.11 Å². The summed E-state index contributed by atoms with van der Waals surface area (Å²) < 4.78 is 0. The molecule has 1 nitrogen and oxygen atoms in total. The van der Waals surface area contributed by atoms with Gasteiger partial charge < -0.3 is 5.11 Å². The van der Waals surface area contributed by atoms with Crippen LogP contribution in [0.1, 0.15) is 58.2 Å². The Kier molecular flexibility index (Phi) is 3.95. The molecule has 1 rings (SSSR count). The summed E-state index contributed by atoms with van der Waals surface area (Å²) in [7, 11) is 0. The normalized spacial score (nSPS) is 13.3. The van der Waals surface area contributed by atoms with Gasteiger partial charge in [-0.2, -0.15) is 0 Å². The summed E-state index contributed by atoms with van der Waals surface area (Å²) in [5.41, 5.74) is 2.92. The van der Waals surface area contributed by atoms with E-state index in [1.165, 1.54) is 0 Å². The zero-order chi connectivity index (χ0) is 14.1. The minimum absolute atomic E-state index is 0.0743.